The van der Waals surface area contributed by atoms with E-state index in [1.54, 1.807) is 7.05 Å². The van der Waals surface area contributed by atoms with Gasteiger partial charge in [0.25, 0.3) is 0 Å². The molecule has 4 N–H and O–H groups in total. The van der Waals surface area contributed by atoms with Crippen LogP contribution in [0.4, 0.5) is 0 Å². The van der Waals surface area contributed by atoms with Crippen LogP contribution in [0.15, 0.2) is 4.99 Å². The molecule has 1 amide bonds. The second-order valence-corrected chi connectivity index (χ2v) is 5.68. The topological polar surface area (TPSA) is 82.8 Å². The van der Waals surface area contributed by atoms with E-state index in [0.717, 1.165) is 64.4 Å². The molecule has 6 nitrogen and oxygen atoms in total. The highest BCUT2D eigenvalue weighted by Gasteiger charge is 2.23. The zero-order chi connectivity index (χ0) is 15.5. The van der Waals surface area contributed by atoms with Gasteiger partial charge in [0.15, 0.2) is 5.96 Å². The van der Waals surface area contributed by atoms with Gasteiger partial charge in [-0.2, -0.15) is 0 Å². The SMILES string of the molecule is CCCCNC(=NC)NCCCN1CCCC(C(N)=O)C1. The van der Waals surface area contributed by atoms with Crippen molar-refractivity contribution < 1.29 is 4.79 Å². The van der Waals surface area contributed by atoms with Gasteiger partial charge in [0.2, 0.25) is 5.91 Å². The molecule has 1 fully saturated rings. The van der Waals surface area contributed by atoms with Crippen molar-refractivity contribution >= 4 is 11.9 Å². The molecule has 0 radical (unpaired) electrons. The molecule has 1 aliphatic heterocycles. The number of primary amides is 1. The normalized spacial score (nSPS) is 20.3. The lowest BCUT2D eigenvalue weighted by Gasteiger charge is -2.31. The zero-order valence-corrected chi connectivity index (χ0v) is 13.5. The Morgan fingerprint density at radius 3 is 2.67 bits per heavy atom. The number of unbranched alkanes of at least 4 members (excludes halogenated alkanes) is 1. The summed E-state index contributed by atoms with van der Waals surface area (Å²) in [5, 5.41) is 6.62. The lowest BCUT2D eigenvalue weighted by atomic mass is 9.97. The van der Waals surface area contributed by atoms with Gasteiger partial charge in [-0.05, 0) is 38.8 Å². The minimum absolute atomic E-state index is 0.0372. The molecule has 6 heteroatoms. The summed E-state index contributed by atoms with van der Waals surface area (Å²) >= 11 is 0. The number of piperidine rings is 1. The van der Waals surface area contributed by atoms with Crippen molar-refractivity contribution in [3.63, 3.8) is 0 Å². The van der Waals surface area contributed by atoms with Crippen molar-refractivity contribution in [1.29, 1.82) is 0 Å². The summed E-state index contributed by atoms with van der Waals surface area (Å²) in [4.78, 5) is 17.8. The Morgan fingerprint density at radius 2 is 2.05 bits per heavy atom. The van der Waals surface area contributed by atoms with Gasteiger partial charge in [-0.25, -0.2) is 0 Å². The molecule has 0 saturated carbocycles. The third-order valence-corrected chi connectivity index (χ3v) is 3.90. The van der Waals surface area contributed by atoms with E-state index >= 15 is 0 Å². The summed E-state index contributed by atoms with van der Waals surface area (Å²) in [6.07, 6.45) is 5.39. The number of carbonyl (C=O) groups is 1. The number of likely N-dealkylation sites (tertiary alicyclic amines) is 1. The summed E-state index contributed by atoms with van der Waals surface area (Å²) in [5.41, 5.74) is 5.40. The van der Waals surface area contributed by atoms with E-state index in [2.05, 4.69) is 27.4 Å². The number of nitrogens with zero attached hydrogens (tertiary/aromatic N) is 2. The number of hydrogen-bond acceptors (Lipinski definition) is 3. The molecule has 1 unspecified atom stereocenters. The number of guanidine groups is 1. The number of nitrogens with one attached hydrogen (secondary N) is 2. The second kappa shape index (κ2) is 10.4. The van der Waals surface area contributed by atoms with Gasteiger partial charge in [0.05, 0.1) is 5.92 Å². The summed E-state index contributed by atoms with van der Waals surface area (Å²) in [6, 6.07) is 0. The van der Waals surface area contributed by atoms with Gasteiger partial charge in [0, 0.05) is 26.7 Å². The predicted molar refractivity (Wildman–Crippen MR) is 87.2 cm³/mol. The highest BCUT2D eigenvalue weighted by atomic mass is 16.1. The van der Waals surface area contributed by atoms with Crippen LogP contribution < -0.4 is 16.4 Å². The summed E-state index contributed by atoms with van der Waals surface area (Å²) < 4.78 is 0. The lowest BCUT2D eigenvalue weighted by molar-refractivity contribution is -0.123. The second-order valence-electron chi connectivity index (χ2n) is 5.68. The fourth-order valence-corrected chi connectivity index (χ4v) is 2.60. The largest absolute Gasteiger partial charge is 0.369 e. The van der Waals surface area contributed by atoms with E-state index in [4.69, 9.17) is 5.73 Å². The Bertz CT molecular complexity index is 332. The molecule has 1 saturated heterocycles. The van der Waals surface area contributed by atoms with Crippen molar-refractivity contribution in [2.75, 3.05) is 39.8 Å². The molecule has 1 heterocycles. The quantitative estimate of drug-likeness (QED) is 0.347. The third kappa shape index (κ3) is 7.32. The molecular weight excluding hydrogens is 266 g/mol. The van der Waals surface area contributed by atoms with Crippen LogP contribution in [0.5, 0.6) is 0 Å². The first-order valence-corrected chi connectivity index (χ1v) is 8.13. The maximum Gasteiger partial charge on any atom is 0.221 e. The fourth-order valence-electron chi connectivity index (χ4n) is 2.60. The van der Waals surface area contributed by atoms with Crippen LogP contribution in [0.1, 0.15) is 39.0 Å². The highest BCUT2D eigenvalue weighted by Crippen LogP contribution is 2.15. The van der Waals surface area contributed by atoms with Crippen LogP contribution in [-0.4, -0.2) is 56.5 Å². The van der Waals surface area contributed by atoms with Crippen molar-refractivity contribution in [3.05, 3.63) is 0 Å². The van der Waals surface area contributed by atoms with Crippen molar-refractivity contribution in [2.24, 2.45) is 16.6 Å². The molecule has 0 spiro atoms. The lowest BCUT2D eigenvalue weighted by Crippen LogP contribution is -2.43. The molecule has 0 aliphatic carbocycles. The standard InChI is InChI=1S/C15H31N5O/c1-3-4-8-18-15(17-2)19-9-6-11-20-10-5-7-13(12-20)14(16)21/h13H,3-12H2,1-2H3,(H2,16,21)(H2,17,18,19). The Kier molecular flexibility index (Phi) is 8.82. The molecule has 0 aromatic carbocycles. The maximum atomic E-state index is 11.2. The number of aliphatic imine (C=N–C) groups is 1. The third-order valence-electron chi connectivity index (χ3n) is 3.90. The van der Waals surface area contributed by atoms with Crippen molar-refractivity contribution in [3.8, 4) is 0 Å². The molecule has 0 aromatic heterocycles. The molecule has 0 aromatic rings. The van der Waals surface area contributed by atoms with Gasteiger partial charge in [0.1, 0.15) is 0 Å². The molecular formula is C15H31N5O. The summed E-state index contributed by atoms with van der Waals surface area (Å²) in [6.45, 7) is 6.93. The molecule has 1 rings (SSSR count). The number of hydrogen-bond donors (Lipinski definition) is 3. The van der Waals surface area contributed by atoms with Gasteiger partial charge in [-0.3, -0.25) is 9.79 Å². The summed E-state index contributed by atoms with van der Waals surface area (Å²) in [7, 11) is 1.80. The maximum absolute atomic E-state index is 11.2. The van der Waals surface area contributed by atoms with Crippen molar-refractivity contribution in [1.82, 2.24) is 15.5 Å². The number of rotatable bonds is 8. The van der Waals surface area contributed by atoms with E-state index in [9.17, 15) is 4.79 Å². The summed E-state index contributed by atoms with van der Waals surface area (Å²) in [5.74, 6) is 0.755. The van der Waals surface area contributed by atoms with Crippen LogP contribution in [0.2, 0.25) is 0 Å². The number of amides is 1. The van der Waals surface area contributed by atoms with Crippen LogP contribution >= 0.6 is 0 Å². The first kappa shape index (κ1) is 17.8. The zero-order valence-electron chi connectivity index (χ0n) is 13.5. The Balaban J connectivity index is 2.13. The first-order valence-electron chi connectivity index (χ1n) is 8.13. The van der Waals surface area contributed by atoms with Gasteiger partial charge >= 0.3 is 0 Å². The van der Waals surface area contributed by atoms with E-state index in [1.807, 2.05) is 0 Å². The minimum Gasteiger partial charge on any atom is -0.369 e. The van der Waals surface area contributed by atoms with Crippen LogP contribution in [0, 0.1) is 5.92 Å². The van der Waals surface area contributed by atoms with Gasteiger partial charge < -0.3 is 21.3 Å². The molecule has 21 heavy (non-hydrogen) atoms. The van der Waals surface area contributed by atoms with E-state index in [0.29, 0.717) is 0 Å². The fraction of sp³-hybridized carbons (Fsp3) is 0.867. The smallest absolute Gasteiger partial charge is 0.221 e. The Labute approximate surface area is 128 Å². The molecule has 122 valence electrons. The first-order chi connectivity index (χ1) is 10.2. The highest BCUT2D eigenvalue weighted by molar-refractivity contribution is 5.79. The number of carbonyl (C=O) groups excluding carboxylic acids is 1. The van der Waals surface area contributed by atoms with Crippen LogP contribution in [0.25, 0.3) is 0 Å². The van der Waals surface area contributed by atoms with E-state index in [-0.39, 0.29) is 11.8 Å². The monoisotopic (exact) mass is 297 g/mol. The molecule has 0 bridgehead atoms. The minimum atomic E-state index is -0.154. The average molecular weight is 297 g/mol. The van der Waals surface area contributed by atoms with E-state index in [1.165, 1.54) is 6.42 Å². The predicted octanol–water partition coefficient (Wildman–Crippen LogP) is 0.539. The molecule has 1 atom stereocenters. The number of nitrogens with two attached hydrogens (primary N) is 1. The van der Waals surface area contributed by atoms with Gasteiger partial charge in [-0.1, -0.05) is 13.3 Å². The Morgan fingerprint density at radius 1 is 1.33 bits per heavy atom. The van der Waals surface area contributed by atoms with Crippen LogP contribution in [0.3, 0.4) is 0 Å². The van der Waals surface area contributed by atoms with Crippen LogP contribution in [-0.2, 0) is 4.79 Å². The van der Waals surface area contributed by atoms with E-state index < -0.39 is 0 Å². The molecule has 1 aliphatic rings. The van der Waals surface area contributed by atoms with Crippen molar-refractivity contribution in [2.45, 2.75) is 39.0 Å². The average Bonchev–Trinajstić information content (AvgIpc) is 2.50. The van der Waals surface area contributed by atoms with Gasteiger partial charge in [-0.15, -0.1) is 0 Å². The Hall–Kier alpha value is -1.30.